The van der Waals surface area contributed by atoms with Gasteiger partial charge < -0.3 is 14.4 Å². The predicted octanol–water partition coefficient (Wildman–Crippen LogP) is 3.18. The van der Waals surface area contributed by atoms with Gasteiger partial charge in [-0.05, 0) is 41.7 Å². The first-order valence-electron chi connectivity index (χ1n) is 11.0. The molecular weight excluding hydrogens is 452 g/mol. The highest BCUT2D eigenvalue weighted by Crippen LogP contribution is 2.29. The fourth-order valence-corrected chi connectivity index (χ4v) is 5.38. The lowest BCUT2D eigenvalue weighted by molar-refractivity contribution is -0.133. The van der Waals surface area contributed by atoms with E-state index in [1.54, 1.807) is 4.90 Å². The number of fused-ring (bicyclic) bond motifs is 1. The summed E-state index contributed by atoms with van der Waals surface area (Å²) in [4.78, 5) is 15.3. The molecule has 1 N–H and O–H groups in total. The Labute approximate surface area is 200 Å². The van der Waals surface area contributed by atoms with Crippen molar-refractivity contribution in [1.29, 1.82) is 0 Å². The molecule has 0 fully saturated rings. The Morgan fingerprint density at radius 1 is 0.941 bits per heavy atom. The van der Waals surface area contributed by atoms with Gasteiger partial charge in [-0.15, -0.1) is 0 Å². The first-order chi connectivity index (χ1) is 16.4. The Balaban J connectivity index is 1.62. The monoisotopic (exact) mass is 480 g/mol. The standard InChI is InChI=1S/C26H28N2O5S/c1-32-24-13-12-22(17-25(24)33-2)34(30,31)27-23(16-19-8-4-3-5-9-19)26(29)28-15-14-20-10-6-7-11-21(20)18-28/h3-13,17,23,27H,14-16,18H2,1-2H3. The summed E-state index contributed by atoms with van der Waals surface area (Å²) in [6.07, 6.45) is 0.979. The van der Waals surface area contributed by atoms with Crippen LogP contribution in [0.2, 0.25) is 0 Å². The zero-order chi connectivity index (χ0) is 24.1. The molecule has 0 aliphatic carbocycles. The number of hydrogen-bond acceptors (Lipinski definition) is 5. The smallest absolute Gasteiger partial charge is 0.241 e. The molecule has 1 amide bonds. The van der Waals surface area contributed by atoms with Gasteiger partial charge in [0.25, 0.3) is 0 Å². The molecule has 1 atom stereocenters. The van der Waals surface area contributed by atoms with Crippen LogP contribution < -0.4 is 14.2 Å². The molecule has 1 heterocycles. The second-order valence-corrected chi connectivity index (χ2v) is 9.87. The quantitative estimate of drug-likeness (QED) is 0.535. The summed E-state index contributed by atoms with van der Waals surface area (Å²) in [6, 6.07) is 20.8. The van der Waals surface area contributed by atoms with E-state index in [9.17, 15) is 13.2 Å². The van der Waals surface area contributed by atoms with Crippen LogP contribution in [0.4, 0.5) is 0 Å². The SMILES string of the molecule is COc1ccc(S(=O)(=O)NC(Cc2ccccc2)C(=O)N2CCc3ccccc3C2)cc1OC. The lowest BCUT2D eigenvalue weighted by Gasteiger charge is -2.32. The Hall–Kier alpha value is -3.36. The van der Waals surface area contributed by atoms with Gasteiger partial charge in [0.1, 0.15) is 6.04 Å². The molecule has 0 saturated heterocycles. The van der Waals surface area contributed by atoms with E-state index in [-0.39, 0.29) is 17.2 Å². The summed E-state index contributed by atoms with van der Waals surface area (Å²) in [5.74, 6) is 0.469. The van der Waals surface area contributed by atoms with Crippen LogP contribution in [0.3, 0.4) is 0 Å². The van der Waals surface area contributed by atoms with Gasteiger partial charge in [0.05, 0.1) is 19.1 Å². The number of ether oxygens (including phenoxy) is 2. The van der Waals surface area contributed by atoms with Crippen LogP contribution in [0.5, 0.6) is 11.5 Å². The van der Waals surface area contributed by atoms with Crippen molar-refractivity contribution in [3.63, 3.8) is 0 Å². The van der Waals surface area contributed by atoms with Crippen LogP contribution in [-0.4, -0.2) is 46.0 Å². The molecule has 7 nitrogen and oxygen atoms in total. The average molecular weight is 481 g/mol. The maximum Gasteiger partial charge on any atom is 0.241 e. The van der Waals surface area contributed by atoms with Gasteiger partial charge in [0.15, 0.2) is 11.5 Å². The van der Waals surface area contributed by atoms with Crippen molar-refractivity contribution in [2.45, 2.75) is 30.3 Å². The van der Waals surface area contributed by atoms with Crippen LogP contribution in [-0.2, 0) is 34.2 Å². The maximum absolute atomic E-state index is 13.6. The minimum atomic E-state index is -4.01. The van der Waals surface area contributed by atoms with E-state index in [2.05, 4.69) is 10.8 Å². The van der Waals surface area contributed by atoms with E-state index in [1.807, 2.05) is 48.5 Å². The molecular formula is C26H28N2O5S. The van der Waals surface area contributed by atoms with Crippen molar-refractivity contribution in [3.8, 4) is 11.5 Å². The largest absolute Gasteiger partial charge is 0.493 e. The van der Waals surface area contributed by atoms with Crippen molar-refractivity contribution >= 4 is 15.9 Å². The zero-order valence-corrected chi connectivity index (χ0v) is 20.0. The van der Waals surface area contributed by atoms with Gasteiger partial charge in [0, 0.05) is 19.2 Å². The number of nitrogens with one attached hydrogen (secondary N) is 1. The molecule has 4 rings (SSSR count). The Bertz CT molecular complexity index is 1260. The zero-order valence-electron chi connectivity index (χ0n) is 19.2. The third-order valence-electron chi connectivity index (χ3n) is 5.99. The molecule has 0 bridgehead atoms. The Kier molecular flexibility index (Phi) is 7.19. The molecule has 0 aromatic heterocycles. The summed E-state index contributed by atoms with van der Waals surface area (Å²) >= 11 is 0. The van der Waals surface area contributed by atoms with E-state index in [4.69, 9.17) is 9.47 Å². The molecule has 1 aliphatic rings. The first kappa shape index (κ1) is 23.8. The number of methoxy groups -OCH3 is 2. The second-order valence-electron chi connectivity index (χ2n) is 8.16. The van der Waals surface area contributed by atoms with Gasteiger partial charge >= 0.3 is 0 Å². The number of sulfonamides is 1. The molecule has 34 heavy (non-hydrogen) atoms. The number of carbonyl (C=O) groups excluding carboxylic acids is 1. The minimum absolute atomic E-state index is 0.00000136. The highest BCUT2D eigenvalue weighted by molar-refractivity contribution is 7.89. The molecule has 8 heteroatoms. The van der Waals surface area contributed by atoms with Crippen LogP contribution >= 0.6 is 0 Å². The van der Waals surface area contributed by atoms with Crippen LogP contribution in [0.25, 0.3) is 0 Å². The van der Waals surface area contributed by atoms with Gasteiger partial charge in [-0.25, -0.2) is 8.42 Å². The van der Waals surface area contributed by atoms with Gasteiger partial charge in [-0.3, -0.25) is 4.79 Å². The van der Waals surface area contributed by atoms with Crippen LogP contribution in [0, 0.1) is 0 Å². The van der Waals surface area contributed by atoms with Crippen LogP contribution in [0.1, 0.15) is 16.7 Å². The molecule has 0 saturated carbocycles. The maximum atomic E-state index is 13.6. The summed E-state index contributed by atoms with van der Waals surface area (Å²) < 4.78 is 39.7. The van der Waals surface area contributed by atoms with Gasteiger partial charge in [-0.2, -0.15) is 4.72 Å². The predicted molar refractivity (Wildman–Crippen MR) is 129 cm³/mol. The third kappa shape index (κ3) is 5.24. The minimum Gasteiger partial charge on any atom is -0.493 e. The lowest BCUT2D eigenvalue weighted by Crippen LogP contribution is -2.50. The fourth-order valence-electron chi connectivity index (χ4n) is 4.17. The van der Waals surface area contributed by atoms with E-state index in [0.717, 1.165) is 17.5 Å². The van der Waals surface area contributed by atoms with E-state index < -0.39 is 16.1 Å². The highest BCUT2D eigenvalue weighted by atomic mass is 32.2. The number of amides is 1. The van der Waals surface area contributed by atoms with E-state index in [0.29, 0.717) is 24.6 Å². The first-order valence-corrected chi connectivity index (χ1v) is 12.5. The van der Waals surface area contributed by atoms with Crippen molar-refractivity contribution in [2.24, 2.45) is 0 Å². The molecule has 0 radical (unpaired) electrons. The number of nitrogens with zero attached hydrogens (tertiary/aromatic N) is 1. The normalized spacial score (nSPS) is 14.2. The Morgan fingerprint density at radius 2 is 1.62 bits per heavy atom. The number of rotatable bonds is 8. The molecule has 3 aromatic carbocycles. The van der Waals surface area contributed by atoms with Crippen molar-refractivity contribution in [2.75, 3.05) is 20.8 Å². The van der Waals surface area contributed by atoms with Gasteiger partial charge in [-0.1, -0.05) is 54.6 Å². The molecule has 0 spiro atoms. The number of hydrogen-bond donors (Lipinski definition) is 1. The molecule has 1 unspecified atom stereocenters. The third-order valence-corrected chi connectivity index (χ3v) is 7.46. The van der Waals surface area contributed by atoms with E-state index in [1.165, 1.54) is 38.0 Å². The Morgan fingerprint density at radius 3 is 2.32 bits per heavy atom. The van der Waals surface area contributed by atoms with Crippen molar-refractivity contribution in [1.82, 2.24) is 9.62 Å². The number of benzene rings is 3. The molecule has 1 aliphatic heterocycles. The summed E-state index contributed by atoms with van der Waals surface area (Å²) in [6.45, 7) is 0.998. The lowest BCUT2D eigenvalue weighted by atomic mass is 9.98. The molecule has 178 valence electrons. The fraction of sp³-hybridized carbons (Fsp3) is 0.269. The summed E-state index contributed by atoms with van der Waals surface area (Å²) in [5.41, 5.74) is 3.17. The van der Waals surface area contributed by atoms with Crippen molar-refractivity contribution < 1.29 is 22.7 Å². The summed E-state index contributed by atoms with van der Waals surface area (Å²) in [5, 5.41) is 0. The van der Waals surface area contributed by atoms with Crippen LogP contribution in [0.15, 0.2) is 77.7 Å². The second kappa shape index (κ2) is 10.3. The van der Waals surface area contributed by atoms with Crippen molar-refractivity contribution in [3.05, 3.63) is 89.5 Å². The molecule has 3 aromatic rings. The number of carbonyl (C=O) groups is 1. The van der Waals surface area contributed by atoms with Gasteiger partial charge in [0.2, 0.25) is 15.9 Å². The topological polar surface area (TPSA) is 84.9 Å². The van der Waals surface area contributed by atoms with E-state index >= 15 is 0 Å². The average Bonchev–Trinajstić information content (AvgIpc) is 2.87. The highest BCUT2D eigenvalue weighted by Gasteiger charge is 2.31. The summed E-state index contributed by atoms with van der Waals surface area (Å²) in [7, 11) is -1.09.